The first kappa shape index (κ1) is 25.0. The third kappa shape index (κ3) is 4.96. The number of carbonyl (C=O) groups excluding carboxylic acids is 2. The van der Waals surface area contributed by atoms with Gasteiger partial charge >= 0.3 is 0 Å². The average Bonchev–Trinajstić information content (AvgIpc) is 3.34. The fourth-order valence-corrected chi connectivity index (χ4v) is 4.88. The number of hydrogen-bond acceptors (Lipinski definition) is 7. The quantitative estimate of drug-likeness (QED) is 0.184. The van der Waals surface area contributed by atoms with E-state index < -0.39 is 17.6 Å². The van der Waals surface area contributed by atoms with Crippen LogP contribution in [0.3, 0.4) is 0 Å². The number of thiocarbonyl (C=S) groups is 1. The van der Waals surface area contributed by atoms with Crippen LogP contribution in [0.15, 0.2) is 60.2 Å². The second-order valence-electron chi connectivity index (χ2n) is 7.92. The zero-order valence-electron chi connectivity index (χ0n) is 19.2. The number of para-hydroxylation sites is 1. The van der Waals surface area contributed by atoms with E-state index >= 15 is 0 Å². The molecule has 188 valence electrons. The van der Waals surface area contributed by atoms with Crippen molar-refractivity contribution in [1.29, 1.82) is 0 Å². The molecule has 2 aliphatic rings. The van der Waals surface area contributed by atoms with E-state index in [2.05, 4.69) is 27.9 Å². The molecule has 0 saturated carbocycles. The van der Waals surface area contributed by atoms with Crippen LogP contribution in [0, 0.1) is 9.39 Å². The number of methoxy groups -OCH3 is 1. The van der Waals surface area contributed by atoms with Crippen LogP contribution in [-0.2, 0) is 16.2 Å². The summed E-state index contributed by atoms with van der Waals surface area (Å²) in [5.74, 6) is 0.179. The van der Waals surface area contributed by atoms with Crippen molar-refractivity contribution >= 4 is 63.5 Å². The molecule has 11 heteroatoms. The third-order valence-electron chi connectivity index (χ3n) is 5.58. The van der Waals surface area contributed by atoms with Gasteiger partial charge in [0.15, 0.2) is 28.1 Å². The van der Waals surface area contributed by atoms with Gasteiger partial charge in [0, 0.05) is 0 Å². The Hall–Kier alpha value is -3.71. The molecule has 3 aromatic rings. The molecule has 3 aromatic carbocycles. The second-order valence-corrected chi connectivity index (χ2v) is 9.47. The number of benzene rings is 3. The fourth-order valence-electron chi connectivity index (χ4n) is 3.83. The van der Waals surface area contributed by atoms with Gasteiger partial charge in [-0.05, 0) is 88.4 Å². The molecule has 1 saturated heterocycles. The van der Waals surface area contributed by atoms with E-state index in [0.29, 0.717) is 32.1 Å². The number of hydrogen-bond donors (Lipinski definition) is 1. The van der Waals surface area contributed by atoms with Gasteiger partial charge in [-0.15, -0.1) is 0 Å². The molecule has 5 rings (SSSR count). The standard InChI is InChI=1S/C26H18FIN2O6S/c1-33-22-11-15(9-18(28)23(22)34-12-14-6-7-20-21(10-14)36-13-35-20)8-16-24(31)29-26(37)30(25(16)32)19-5-3-2-4-17(19)27/h2-11H,12-13H2,1H3,(H,29,31,37)/b16-8+. The molecule has 37 heavy (non-hydrogen) atoms. The van der Waals surface area contributed by atoms with Crippen molar-refractivity contribution in [2.45, 2.75) is 6.61 Å². The Morgan fingerprint density at radius 2 is 1.92 bits per heavy atom. The third-order valence-corrected chi connectivity index (χ3v) is 6.66. The van der Waals surface area contributed by atoms with Gasteiger partial charge in [0.1, 0.15) is 18.0 Å². The lowest BCUT2D eigenvalue weighted by Crippen LogP contribution is -2.54. The first-order valence-electron chi connectivity index (χ1n) is 10.9. The van der Waals surface area contributed by atoms with Gasteiger partial charge in [0.2, 0.25) is 6.79 Å². The molecular weight excluding hydrogens is 614 g/mol. The second kappa shape index (κ2) is 10.3. The first-order chi connectivity index (χ1) is 17.9. The number of ether oxygens (including phenoxy) is 4. The predicted molar refractivity (Wildman–Crippen MR) is 145 cm³/mol. The molecule has 1 fully saturated rings. The number of amides is 2. The Labute approximate surface area is 230 Å². The highest BCUT2D eigenvalue weighted by molar-refractivity contribution is 14.1. The van der Waals surface area contributed by atoms with Crippen molar-refractivity contribution in [2.75, 3.05) is 18.8 Å². The Morgan fingerprint density at radius 1 is 1.14 bits per heavy atom. The van der Waals surface area contributed by atoms with Crippen LogP contribution in [-0.4, -0.2) is 30.8 Å². The molecule has 2 heterocycles. The van der Waals surface area contributed by atoms with Crippen LogP contribution in [0.25, 0.3) is 6.08 Å². The summed E-state index contributed by atoms with van der Waals surface area (Å²) in [6, 6.07) is 14.6. The summed E-state index contributed by atoms with van der Waals surface area (Å²) in [4.78, 5) is 26.8. The van der Waals surface area contributed by atoms with E-state index in [1.807, 2.05) is 18.2 Å². The highest BCUT2D eigenvalue weighted by Gasteiger charge is 2.35. The smallest absolute Gasteiger partial charge is 0.270 e. The molecule has 0 aromatic heterocycles. The zero-order chi connectivity index (χ0) is 26.1. The van der Waals surface area contributed by atoms with Crippen LogP contribution in [0.5, 0.6) is 23.0 Å². The van der Waals surface area contributed by atoms with Crippen LogP contribution in [0.4, 0.5) is 10.1 Å². The van der Waals surface area contributed by atoms with E-state index in [1.54, 1.807) is 18.2 Å². The normalized spacial score (nSPS) is 15.7. The fraction of sp³-hybridized carbons (Fsp3) is 0.115. The molecule has 8 nitrogen and oxygen atoms in total. The van der Waals surface area contributed by atoms with Crippen LogP contribution in [0.1, 0.15) is 11.1 Å². The molecule has 0 aliphatic carbocycles. The highest BCUT2D eigenvalue weighted by atomic mass is 127. The number of rotatable bonds is 6. The van der Waals surface area contributed by atoms with E-state index in [-0.39, 0.29) is 29.8 Å². The van der Waals surface area contributed by atoms with Crippen molar-refractivity contribution in [3.8, 4) is 23.0 Å². The molecule has 0 bridgehead atoms. The van der Waals surface area contributed by atoms with Gasteiger partial charge in [-0.3, -0.25) is 14.9 Å². The van der Waals surface area contributed by atoms with E-state index in [1.165, 1.54) is 31.4 Å². The number of anilines is 1. The van der Waals surface area contributed by atoms with Crippen molar-refractivity contribution in [3.05, 3.63) is 80.7 Å². The topological polar surface area (TPSA) is 86.3 Å². The van der Waals surface area contributed by atoms with Gasteiger partial charge < -0.3 is 18.9 Å². The van der Waals surface area contributed by atoms with Gasteiger partial charge in [-0.25, -0.2) is 9.29 Å². The molecule has 2 amide bonds. The van der Waals surface area contributed by atoms with E-state index in [4.69, 9.17) is 31.2 Å². The maximum atomic E-state index is 14.4. The van der Waals surface area contributed by atoms with Gasteiger partial charge in [0.25, 0.3) is 11.8 Å². The van der Waals surface area contributed by atoms with Crippen LogP contribution >= 0.6 is 34.8 Å². The van der Waals surface area contributed by atoms with Gasteiger partial charge in [-0.1, -0.05) is 18.2 Å². The highest BCUT2D eigenvalue weighted by Crippen LogP contribution is 2.37. The summed E-state index contributed by atoms with van der Waals surface area (Å²) in [6.07, 6.45) is 1.40. The van der Waals surface area contributed by atoms with Gasteiger partial charge in [0.05, 0.1) is 16.4 Å². The lowest BCUT2D eigenvalue weighted by atomic mass is 10.1. The summed E-state index contributed by atoms with van der Waals surface area (Å²) in [7, 11) is 1.49. The summed E-state index contributed by atoms with van der Waals surface area (Å²) in [6.45, 7) is 0.437. The van der Waals surface area contributed by atoms with Crippen molar-refractivity contribution in [2.24, 2.45) is 0 Å². The Kier molecular flexibility index (Phi) is 6.98. The Morgan fingerprint density at radius 3 is 2.70 bits per heavy atom. The molecule has 0 atom stereocenters. The average molecular weight is 632 g/mol. The minimum Gasteiger partial charge on any atom is -0.493 e. The number of nitrogens with zero attached hydrogens (tertiary/aromatic N) is 1. The summed E-state index contributed by atoms with van der Waals surface area (Å²) in [5.41, 5.74) is 1.13. The summed E-state index contributed by atoms with van der Waals surface area (Å²) >= 11 is 7.23. The first-order valence-corrected chi connectivity index (χ1v) is 12.4. The molecule has 0 radical (unpaired) electrons. The van der Waals surface area contributed by atoms with Gasteiger partial charge in [-0.2, -0.15) is 0 Å². The molecule has 0 spiro atoms. The lowest BCUT2D eigenvalue weighted by Gasteiger charge is -2.29. The number of halogens is 2. The maximum Gasteiger partial charge on any atom is 0.270 e. The number of nitrogens with one attached hydrogen (secondary N) is 1. The lowest BCUT2D eigenvalue weighted by molar-refractivity contribution is -0.122. The molecular formula is C26H18FIN2O6S. The van der Waals surface area contributed by atoms with E-state index in [0.717, 1.165) is 10.5 Å². The minimum atomic E-state index is -0.740. The van der Waals surface area contributed by atoms with Crippen molar-refractivity contribution < 1.29 is 32.9 Å². The number of carbonyl (C=O) groups is 2. The van der Waals surface area contributed by atoms with Crippen LogP contribution < -0.4 is 29.2 Å². The van der Waals surface area contributed by atoms with Crippen LogP contribution in [0.2, 0.25) is 0 Å². The zero-order valence-corrected chi connectivity index (χ0v) is 22.2. The maximum absolute atomic E-state index is 14.4. The summed E-state index contributed by atoms with van der Waals surface area (Å²) in [5, 5.41) is 2.25. The van der Waals surface area contributed by atoms with E-state index in [9.17, 15) is 14.0 Å². The van der Waals surface area contributed by atoms with Crippen molar-refractivity contribution in [3.63, 3.8) is 0 Å². The minimum absolute atomic E-state index is 0.0529. The Bertz CT molecular complexity index is 1480. The predicted octanol–water partition coefficient (Wildman–Crippen LogP) is 4.58. The molecule has 2 aliphatic heterocycles. The Balaban J connectivity index is 1.42. The largest absolute Gasteiger partial charge is 0.493 e. The summed E-state index contributed by atoms with van der Waals surface area (Å²) < 4.78 is 37.4. The van der Waals surface area contributed by atoms with Crippen molar-refractivity contribution in [1.82, 2.24) is 5.32 Å². The number of fused-ring (bicyclic) bond motifs is 1. The monoisotopic (exact) mass is 632 g/mol. The molecule has 1 N–H and O–H groups in total. The SMILES string of the molecule is COc1cc(/C=C2\C(=O)NC(=S)N(c3ccccc3F)C2=O)cc(I)c1OCc1ccc2c(c1)OCO2. The molecule has 0 unspecified atom stereocenters.